The summed E-state index contributed by atoms with van der Waals surface area (Å²) in [6.07, 6.45) is 1.07. The van der Waals surface area contributed by atoms with Crippen molar-refractivity contribution in [1.82, 2.24) is 10.3 Å². The number of hydrogen-bond acceptors (Lipinski definition) is 4. The molecular formula is C15H26ClN3O. The molecule has 1 unspecified atom stereocenters. The van der Waals surface area contributed by atoms with Gasteiger partial charge in [0.15, 0.2) is 0 Å². The predicted octanol–water partition coefficient (Wildman–Crippen LogP) is 3.10. The minimum atomic E-state index is 0.422. The Bertz CT molecular complexity index is 401. The maximum Gasteiger partial charge on any atom is 0.129 e. The van der Waals surface area contributed by atoms with E-state index in [0.717, 1.165) is 31.0 Å². The van der Waals surface area contributed by atoms with Crippen molar-refractivity contribution in [2.75, 3.05) is 31.7 Å². The van der Waals surface area contributed by atoms with Gasteiger partial charge in [0.05, 0.1) is 17.3 Å². The molecule has 1 heterocycles. The zero-order valence-electron chi connectivity index (χ0n) is 12.9. The lowest BCUT2D eigenvalue weighted by Gasteiger charge is -2.30. The van der Waals surface area contributed by atoms with Crippen LogP contribution in [0.5, 0.6) is 0 Å². The third kappa shape index (κ3) is 4.93. The second-order valence-corrected chi connectivity index (χ2v) is 5.23. The van der Waals surface area contributed by atoms with Gasteiger partial charge in [0.25, 0.3) is 0 Å². The van der Waals surface area contributed by atoms with Crippen molar-refractivity contribution in [3.63, 3.8) is 0 Å². The van der Waals surface area contributed by atoms with Gasteiger partial charge in [-0.25, -0.2) is 4.98 Å². The van der Waals surface area contributed by atoms with Crippen molar-refractivity contribution in [2.24, 2.45) is 0 Å². The van der Waals surface area contributed by atoms with Gasteiger partial charge in [-0.05, 0) is 32.0 Å². The molecule has 0 aliphatic heterocycles. The Kier molecular flexibility index (Phi) is 7.88. The topological polar surface area (TPSA) is 37.4 Å². The first-order valence-corrected chi connectivity index (χ1v) is 7.63. The van der Waals surface area contributed by atoms with Gasteiger partial charge < -0.3 is 15.0 Å². The van der Waals surface area contributed by atoms with E-state index in [1.807, 2.05) is 12.1 Å². The largest absolute Gasteiger partial charge is 0.383 e. The van der Waals surface area contributed by atoms with Crippen molar-refractivity contribution in [3.8, 4) is 0 Å². The standard InChI is InChI=1S/C15H26ClN3O/c1-5-12(3)19(9-10-20-4)15-8-7-13(16)14(18-15)11-17-6-2/h7-8,12,17H,5-6,9-11H2,1-4H3. The number of hydrogen-bond donors (Lipinski definition) is 1. The smallest absolute Gasteiger partial charge is 0.129 e. The number of pyridine rings is 1. The van der Waals surface area contributed by atoms with Crippen LogP contribution in [-0.4, -0.2) is 37.8 Å². The number of nitrogens with one attached hydrogen (secondary N) is 1. The summed E-state index contributed by atoms with van der Waals surface area (Å²) in [6.45, 7) is 9.58. The summed E-state index contributed by atoms with van der Waals surface area (Å²) < 4.78 is 5.20. The molecule has 1 aromatic rings. The van der Waals surface area contributed by atoms with E-state index >= 15 is 0 Å². The van der Waals surface area contributed by atoms with Gasteiger partial charge in [0.1, 0.15) is 5.82 Å². The molecule has 0 radical (unpaired) electrons. The molecule has 4 nitrogen and oxygen atoms in total. The number of halogens is 1. The number of anilines is 1. The van der Waals surface area contributed by atoms with Crippen LogP contribution in [-0.2, 0) is 11.3 Å². The van der Waals surface area contributed by atoms with Crippen LogP contribution in [0.25, 0.3) is 0 Å². The van der Waals surface area contributed by atoms with E-state index in [1.54, 1.807) is 7.11 Å². The SMILES string of the molecule is CCNCc1nc(N(CCOC)C(C)CC)ccc1Cl. The van der Waals surface area contributed by atoms with Crippen molar-refractivity contribution in [3.05, 3.63) is 22.8 Å². The minimum absolute atomic E-state index is 0.422. The average molecular weight is 300 g/mol. The van der Waals surface area contributed by atoms with Gasteiger partial charge >= 0.3 is 0 Å². The fourth-order valence-corrected chi connectivity index (χ4v) is 2.14. The van der Waals surface area contributed by atoms with Gasteiger partial charge in [0.2, 0.25) is 0 Å². The number of ether oxygens (including phenoxy) is 1. The molecule has 1 aromatic heterocycles. The first-order chi connectivity index (χ1) is 9.63. The highest BCUT2D eigenvalue weighted by atomic mass is 35.5. The Balaban J connectivity index is 2.94. The van der Waals surface area contributed by atoms with Crippen LogP contribution in [0.4, 0.5) is 5.82 Å². The Labute approximate surface area is 127 Å². The van der Waals surface area contributed by atoms with E-state index in [0.29, 0.717) is 24.2 Å². The highest BCUT2D eigenvalue weighted by Gasteiger charge is 2.15. The lowest BCUT2D eigenvalue weighted by atomic mass is 10.2. The summed E-state index contributed by atoms with van der Waals surface area (Å²) in [5.41, 5.74) is 0.900. The molecule has 0 aliphatic carbocycles. The molecule has 0 saturated carbocycles. The quantitative estimate of drug-likeness (QED) is 0.760. The van der Waals surface area contributed by atoms with Crippen LogP contribution < -0.4 is 10.2 Å². The molecule has 0 aromatic carbocycles. The number of aromatic nitrogens is 1. The van der Waals surface area contributed by atoms with Gasteiger partial charge in [-0.15, -0.1) is 0 Å². The third-order valence-corrected chi connectivity index (χ3v) is 3.74. The van der Waals surface area contributed by atoms with E-state index in [-0.39, 0.29) is 0 Å². The molecule has 0 bridgehead atoms. The summed E-state index contributed by atoms with van der Waals surface area (Å²) in [5, 5.41) is 3.98. The highest BCUT2D eigenvalue weighted by Crippen LogP contribution is 2.21. The fourth-order valence-electron chi connectivity index (χ4n) is 1.97. The average Bonchev–Trinajstić information content (AvgIpc) is 2.47. The summed E-state index contributed by atoms with van der Waals surface area (Å²) >= 11 is 6.21. The lowest BCUT2D eigenvalue weighted by Crippen LogP contribution is -2.36. The zero-order chi connectivity index (χ0) is 15.0. The van der Waals surface area contributed by atoms with E-state index in [1.165, 1.54) is 0 Å². The molecule has 5 heteroatoms. The Hall–Kier alpha value is -0.840. The van der Waals surface area contributed by atoms with Crippen molar-refractivity contribution in [2.45, 2.75) is 39.8 Å². The molecule has 0 spiro atoms. The number of nitrogens with zero attached hydrogens (tertiary/aromatic N) is 2. The molecule has 0 aliphatic rings. The van der Waals surface area contributed by atoms with Crippen molar-refractivity contribution in [1.29, 1.82) is 0 Å². The molecule has 114 valence electrons. The van der Waals surface area contributed by atoms with E-state index in [2.05, 4.69) is 31.0 Å². The molecule has 0 amide bonds. The second kappa shape index (κ2) is 9.16. The van der Waals surface area contributed by atoms with Gasteiger partial charge in [-0.1, -0.05) is 25.4 Å². The summed E-state index contributed by atoms with van der Waals surface area (Å²) in [4.78, 5) is 6.98. The predicted molar refractivity (Wildman–Crippen MR) is 85.6 cm³/mol. The molecule has 0 saturated heterocycles. The molecule has 1 N–H and O–H groups in total. The normalized spacial score (nSPS) is 12.4. The first-order valence-electron chi connectivity index (χ1n) is 7.25. The summed E-state index contributed by atoms with van der Waals surface area (Å²) in [6, 6.07) is 4.34. The van der Waals surface area contributed by atoms with E-state index in [4.69, 9.17) is 21.3 Å². The molecule has 0 fully saturated rings. The van der Waals surface area contributed by atoms with Gasteiger partial charge in [-0.3, -0.25) is 0 Å². The van der Waals surface area contributed by atoms with Crippen molar-refractivity contribution >= 4 is 17.4 Å². The fraction of sp³-hybridized carbons (Fsp3) is 0.667. The van der Waals surface area contributed by atoms with Crippen molar-refractivity contribution < 1.29 is 4.74 Å². The molecule has 1 rings (SSSR count). The van der Waals surface area contributed by atoms with E-state index in [9.17, 15) is 0 Å². The molecule has 20 heavy (non-hydrogen) atoms. The van der Waals surface area contributed by atoms with Crippen LogP contribution in [0.1, 0.15) is 32.9 Å². The second-order valence-electron chi connectivity index (χ2n) is 4.82. The van der Waals surface area contributed by atoms with Crippen LogP contribution in [0, 0.1) is 0 Å². The van der Waals surface area contributed by atoms with Gasteiger partial charge in [0, 0.05) is 26.2 Å². The Morgan fingerprint density at radius 1 is 1.40 bits per heavy atom. The maximum absolute atomic E-state index is 6.21. The summed E-state index contributed by atoms with van der Waals surface area (Å²) in [7, 11) is 1.72. The molecule has 1 atom stereocenters. The Morgan fingerprint density at radius 3 is 2.75 bits per heavy atom. The zero-order valence-corrected chi connectivity index (χ0v) is 13.7. The first kappa shape index (κ1) is 17.2. The monoisotopic (exact) mass is 299 g/mol. The lowest BCUT2D eigenvalue weighted by molar-refractivity contribution is 0.203. The third-order valence-electron chi connectivity index (χ3n) is 3.40. The van der Waals surface area contributed by atoms with Crippen LogP contribution in [0.3, 0.4) is 0 Å². The minimum Gasteiger partial charge on any atom is -0.383 e. The van der Waals surface area contributed by atoms with E-state index < -0.39 is 0 Å². The number of rotatable bonds is 9. The van der Waals surface area contributed by atoms with Gasteiger partial charge in [-0.2, -0.15) is 0 Å². The van der Waals surface area contributed by atoms with Crippen LogP contribution >= 0.6 is 11.6 Å². The highest BCUT2D eigenvalue weighted by molar-refractivity contribution is 6.31. The molecular weight excluding hydrogens is 274 g/mol. The maximum atomic E-state index is 6.21. The Morgan fingerprint density at radius 2 is 2.15 bits per heavy atom. The van der Waals surface area contributed by atoms with Crippen LogP contribution in [0.2, 0.25) is 5.02 Å². The van der Waals surface area contributed by atoms with Crippen LogP contribution in [0.15, 0.2) is 12.1 Å². The summed E-state index contributed by atoms with van der Waals surface area (Å²) in [5.74, 6) is 0.966. The number of methoxy groups -OCH3 is 1.